The van der Waals surface area contributed by atoms with Gasteiger partial charge in [0.25, 0.3) is 0 Å². The minimum atomic E-state index is 0.641. The third-order valence-electron chi connectivity index (χ3n) is 2.48. The number of aryl methyl sites for hydroxylation is 3. The molecule has 2 rings (SSSR count). The van der Waals surface area contributed by atoms with Gasteiger partial charge in [-0.2, -0.15) is 0 Å². The highest BCUT2D eigenvalue weighted by Crippen LogP contribution is 2.23. The van der Waals surface area contributed by atoms with Gasteiger partial charge in [0.15, 0.2) is 4.73 Å². The van der Waals surface area contributed by atoms with E-state index in [1.807, 2.05) is 13.0 Å². The van der Waals surface area contributed by atoms with Crippen LogP contribution in [0.5, 0.6) is 0 Å². The third kappa shape index (κ3) is 2.30. The average molecular weight is 277 g/mol. The topological polar surface area (TPSA) is 25.8 Å². The lowest BCUT2D eigenvalue weighted by Gasteiger charge is -2.07. The predicted molar refractivity (Wildman–Crippen MR) is 69.4 cm³/mol. The number of hydrogen-bond acceptors (Lipinski definition) is 2. The van der Waals surface area contributed by atoms with E-state index in [0.29, 0.717) is 4.73 Å². The van der Waals surface area contributed by atoms with Gasteiger partial charge < -0.3 is 0 Å². The molecule has 2 nitrogen and oxygen atoms in total. The minimum Gasteiger partial charge on any atom is -0.227 e. The fourth-order valence-corrected chi connectivity index (χ4v) is 2.24. The summed E-state index contributed by atoms with van der Waals surface area (Å²) >= 11 is 3.33. The van der Waals surface area contributed by atoms with Crippen LogP contribution in [-0.2, 0) is 0 Å². The molecule has 0 bridgehead atoms. The Morgan fingerprint density at radius 2 is 1.75 bits per heavy atom. The first-order valence-electron chi connectivity index (χ1n) is 5.15. The number of rotatable bonds is 1. The third-order valence-corrected chi connectivity index (χ3v) is 2.84. The molecule has 0 spiro atoms. The summed E-state index contributed by atoms with van der Waals surface area (Å²) in [7, 11) is 0. The van der Waals surface area contributed by atoms with Gasteiger partial charge in [-0.1, -0.05) is 23.8 Å². The molecule has 0 amide bonds. The van der Waals surface area contributed by atoms with Crippen LogP contribution >= 0.6 is 15.9 Å². The molecule has 0 aliphatic carbocycles. The highest BCUT2D eigenvalue weighted by Gasteiger charge is 2.05. The zero-order chi connectivity index (χ0) is 11.7. The van der Waals surface area contributed by atoms with Gasteiger partial charge in [0.1, 0.15) is 0 Å². The Morgan fingerprint density at radius 3 is 2.38 bits per heavy atom. The fourth-order valence-electron chi connectivity index (χ4n) is 1.77. The Kier molecular flexibility index (Phi) is 3.06. The maximum absolute atomic E-state index is 4.40. The SMILES string of the molecule is Cc1ccc(-c2cc(C)nc(Br)n2)c(C)c1. The van der Waals surface area contributed by atoms with Crippen LogP contribution < -0.4 is 0 Å². The van der Waals surface area contributed by atoms with Crippen molar-refractivity contribution in [3.63, 3.8) is 0 Å². The van der Waals surface area contributed by atoms with Crippen molar-refractivity contribution >= 4 is 15.9 Å². The molecule has 0 aliphatic heterocycles. The summed E-state index contributed by atoms with van der Waals surface area (Å²) in [5.41, 5.74) is 5.61. The molecule has 0 saturated heterocycles. The first-order valence-corrected chi connectivity index (χ1v) is 5.94. The lowest BCUT2D eigenvalue weighted by Crippen LogP contribution is -1.93. The Bertz CT molecular complexity index is 515. The molecule has 1 heterocycles. The van der Waals surface area contributed by atoms with Crippen molar-refractivity contribution in [1.82, 2.24) is 9.97 Å². The van der Waals surface area contributed by atoms with Crippen molar-refractivity contribution in [1.29, 1.82) is 0 Å². The molecule has 0 aliphatic rings. The molecule has 0 N–H and O–H groups in total. The Morgan fingerprint density at radius 1 is 1.00 bits per heavy atom. The summed E-state index contributed by atoms with van der Waals surface area (Å²) in [6.07, 6.45) is 0. The quantitative estimate of drug-likeness (QED) is 0.740. The van der Waals surface area contributed by atoms with E-state index in [0.717, 1.165) is 17.0 Å². The monoisotopic (exact) mass is 276 g/mol. The average Bonchev–Trinajstić information content (AvgIpc) is 2.15. The number of halogens is 1. The molecule has 0 fully saturated rings. The largest absolute Gasteiger partial charge is 0.227 e. The summed E-state index contributed by atoms with van der Waals surface area (Å²) < 4.78 is 0.641. The van der Waals surface area contributed by atoms with E-state index >= 15 is 0 Å². The van der Waals surface area contributed by atoms with Gasteiger partial charge in [-0.15, -0.1) is 0 Å². The molecule has 3 heteroatoms. The lowest BCUT2D eigenvalue weighted by molar-refractivity contribution is 1.06. The summed E-state index contributed by atoms with van der Waals surface area (Å²) in [6, 6.07) is 8.38. The second kappa shape index (κ2) is 4.34. The minimum absolute atomic E-state index is 0.641. The second-order valence-electron chi connectivity index (χ2n) is 3.98. The van der Waals surface area contributed by atoms with Crippen LogP contribution in [0.25, 0.3) is 11.3 Å². The molecule has 0 unspecified atom stereocenters. The molecule has 82 valence electrons. The van der Waals surface area contributed by atoms with Crippen LogP contribution in [0.1, 0.15) is 16.8 Å². The van der Waals surface area contributed by atoms with Gasteiger partial charge in [-0.25, -0.2) is 9.97 Å². The van der Waals surface area contributed by atoms with E-state index in [1.54, 1.807) is 0 Å². The molecule has 1 aromatic heterocycles. The predicted octanol–water partition coefficient (Wildman–Crippen LogP) is 3.83. The van der Waals surface area contributed by atoms with Gasteiger partial charge in [-0.05, 0) is 48.3 Å². The second-order valence-corrected chi connectivity index (χ2v) is 4.69. The molecular formula is C13H13BrN2. The first-order chi connectivity index (χ1) is 7.56. The van der Waals surface area contributed by atoms with E-state index in [9.17, 15) is 0 Å². The molecular weight excluding hydrogens is 264 g/mol. The van der Waals surface area contributed by atoms with Crippen LogP contribution in [0.15, 0.2) is 29.0 Å². The Labute approximate surface area is 104 Å². The first kappa shape index (κ1) is 11.3. The summed E-state index contributed by atoms with van der Waals surface area (Å²) in [4.78, 5) is 8.61. The Hall–Kier alpha value is -1.22. The Balaban J connectivity index is 2.58. The van der Waals surface area contributed by atoms with Gasteiger partial charge in [0, 0.05) is 11.3 Å². The zero-order valence-electron chi connectivity index (χ0n) is 9.58. The van der Waals surface area contributed by atoms with Crippen LogP contribution in [-0.4, -0.2) is 9.97 Å². The van der Waals surface area contributed by atoms with Crippen molar-refractivity contribution < 1.29 is 0 Å². The van der Waals surface area contributed by atoms with Crippen molar-refractivity contribution in [2.24, 2.45) is 0 Å². The lowest BCUT2D eigenvalue weighted by atomic mass is 10.0. The summed E-state index contributed by atoms with van der Waals surface area (Å²) in [5.74, 6) is 0. The molecule has 2 aromatic rings. The van der Waals surface area contributed by atoms with Gasteiger partial charge in [-0.3, -0.25) is 0 Å². The molecule has 1 aromatic carbocycles. The summed E-state index contributed by atoms with van der Waals surface area (Å²) in [6.45, 7) is 6.17. The smallest absolute Gasteiger partial charge is 0.197 e. The van der Waals surface area contributed by atoms with E-state index in [1.165, 1.54) is 11.1 Å². The fraction of sp³-hybridized carbons (Fsp3) is 0.231. The van der Waals surface area contributed by atoms with Crippen LogP contribution in [0.2, 0.25) is 0 Å². The molecule has 16 heavy (non-hydrogen) atoms. The highest BCUT2D eigenvalue weighted by molar-refractivity contribution is 9.10. The maximum Gasteiger partial charge on any atom is 0.197 e. The standard InChI is InChI=1S/C13H13BrN2/c1-8-4-5-11(9(2)6-8)12-7-10(3)15-13(14)16-12/h4-7H,1-3H3. The highest BCUT2D eigenvalue weighted by atomic mass is 79.9. The van der Waals surface area contributed by atoms with E-state index < -0.39 is 0 Å². The van der Waals surface area contributed by atoms with Crippen LogP contribution in [0.3, 0.4) is 0 Å². The van der Waals surface area contributed by atoms with E-state index in [2.05, 4.69) is 57.9 Å². The maximum atomic E-state index is 4.40. The van der Waals surface area contributed by atoms with E-state index in [-0.39, 0.29) is 0 Å². The van der Waals surface area contributed by atoms with E-state index in [4.69, 9.17) is 0 Å². The number of benzene rings is 1. The number of nitrogens with zero attached hydrogens (tertiary/aromatic N) is 2. The van der Waals surface area contributed by atoms with Crippen molar-refractivity contribution in [2.45, 2.75) is 20.8 Å². The summed E-state index contributed by atoms with van der Waals surface area (Å²) in [5, 5.41) is 0. The van der Waals surface area contributed by atoms with Gasteiger partial charge in [0.05, 0.1) is 5.69 Å². The number of aromatic nitrogens is 2. The van der Waals surface area contributed by atoms with Crippen molar-refractivity contribution in [2.75, 3.05) is 0 Å². The van der Waals surface area contributed by atoms with Gasteiger partial charge >= 0.3 is 0 Å². The van der Waals surface area contributed by atoms with Crippen LogP contribution in [0.4, 0.5) is 0 Å². The van der Waals surface area contributed by atoms with Crippen LogP contribution in [0, 0.1) is 20.8 Å². The molecule has 0 atom stereocenters. The van der Waals surface area contributed by atoms with Crippen molar-refractivity contribution in [3.05, 3.63) is 45.8 Å². The molecule has 0 radical (unpaired) electrons. The number of hydrogen-bond donors (Lipinski definition) is 0. The normalized spacial score (nSPS) is 10.5. The molecule has 0 saturated carbocycles. The van der Waals surface area contributed by atoms with Crippen molar-refractivity contribution in [3.8, 4) is 11.3 Å². The zero-order valence-corrected chi connectivity index (χ0v) is 11.2. The van der Waals surface area contributed by atoms with Gasteiger partial charge in [0.2, 0.25) is 0 Å².